The molecule has 17 nitrogen and oxygen atoms in total. The Labute approximate surface area is 248 Å². The molecule has 0 bridgehead atoms. The monoisotopic (exact) mass is 618 g/mol. The van der Waals surface area contributed by atoms with E-state index in [2.05, 4.69) is 30.2 Å². The smallest absolute Gasteiger partial charge is 0.414 e. The lowest BCUT2D eigenvalue weighted by molar-refractivity contribution is -0.159. The van der Waals surface area contributed by atoms with Crippen molar-refractivity contribution in [2.24, 2.45) is 0 Å². The maximum absolute atomic E-state index is 12.5. The first-order valence-electron chi connectivity index (χ1n) is 12.4. The molecule has 1 amide bonds. The van der Waals surface area contributed by atoms with Crippen LogP contribution in [0.5, 0.6) is 0 Å². The van der Waals surface area contributed by atoms with Crippen LogP contribution < -0.4 is 11.1 Å². The molecule has 1 aliphatic rings. The molecular weight excluding hydrogens is 588 g/mol. The van der Waals surface area contributed by atoms with Crippen LogP contribution in [0.3, 0.4) is 0 Å². The summed E-state index contributed by atoms with van der Waals surface area (Å²) in [5.41, 5.74) is 8.90. The van der Waals surface area contributed by atoms with Crippen LogP contribution in [0.4, 0.5) is 17.6 Å². The van der Waals surface area contributed by atoms with Crippen LogP contribution in [0.25, 0.3) is 0 Å². The molecule has 1 fully saturated rings. The summed E-state index contributed by atoms with van der Waals surface area (Å²) < 4.78 is 0. The number of nitrogen functional groups attached to an aromatic ring is 1. The number of carboxylic acid groups (broad SMARTS) is 4. The lowest BCUT2D eigenvalue weighted by Gasteiger charge is -2.34. The van der Waals surface area contributed by atoms with Gasteiger partial charge in [0.15, 0.2) is 0 Å². The van der Waals surface area contributed by atoms with Crippen LogP contribution in [0.1, 0.15) is 22.1 Å². The van der Waals surface area contributed by atoms with Gasteiger partial charge in [0, 0.05) is 42.9 Å². The highest BCUT2D eigenvalue weighted by Crippen LogP contribution is 2.18. The van der Waals surface area contributed by atoms with Gasteiger partial charge in [0.2, 0.25) is 17.8 Å². The van der Waals surface area contributed by atoms with Crippen molar-refractivity contribution in [2.75, 3.05) is 37.2 Å². The van der Waals surface area contributed by atoms with Gasteiger partial charge in [-0.05, 0) is 25.5 Å². The van der Waals surface area contributed by atoms with Gasteiger partial charge in [-0.2, -0.15) is 15.0 Å². The highest BCUT2D eigenvalue weighted by Gasteiger charge is 2.23. The molecule has 1 saturated heterocycles. The first-order valence-corrected chi connectivity index (χ1v) is 13.3. The molecule has 0 saturated carbocycles. The summed E-state index contributed by atoms with van der Waals surface area (Å²) in [6, 6.07) is 7.93. The molecule has 1 aromatic carbocycles. The number of nitrogens with zero attached hydrogens (tertiary/aromatic N) is 6. The van der Waals surface area contributed by atoms with Crippen LogP contribution in [-0.2, 0) is 36.9 Å². The highest BCUT2D eigenvalue weighted by atomic mass is 32.1. The number of carboxylic acids is 4. The Morgan fingerprint density at radius 2 is 1.44 bits per heavy atom. The number of aliphatic carboxylic acids is 4. The quantitative estimate of drug-likeness (QED) is 0.205. The molecular formula is C25H30N8O9S. The predicted molar refractivity (Wildman–Crippen MR) is 152 cm³/mol. The van der Waals surface area contributed by atoms with Gasteiger partial charge in [-0.3, -0.25) is 9.69 Å². The Morgan fingerprint density at radius 3 is 1.95 bits per heavy atom. The van der Waals surface area contributed by atoms with Crippen molar-refractivity contribution in [1.82, 2.24) is 29.7 Å². The molecule has 3 aromatic rings. The van der Waals surface area contributed by atoms with Gasteiger partial charge >= 0.3 is 23.9 Å². The second-order valence-corrected chi connectivity index (χ2v) is 9.75. The van der Waals surface area contributed by atoms with E-state index < -0.39 is 23.9 Å². The molecule has 7 N–H and O–H groups in total. The third-order valence-corrected chi connectivity index (χ3v) is 6.48. The minimum Gasteiger partial charge on any atom is -0.473 e. The zero-order valence-corrected chi connectivity index (χ0v) is 23.9. The van der Waals surface area contributed by atoms with E-state index in [1.54, 1.807) is 0 Å². The number of carbonyl (C=O) groups excluding carboxylic acids is 1. The van der Waals surface area contributed by atoms with Crippen LogP contribution in [0, 0.1) is 13.8 Å². The minimum absolute atomic E-state index is 0.128. The van der Waals surface area contributed by atoms with Gasteiger partial charge in [0.05, 0.1) is 13.0 Å². The first kappa shape index (κ1) is 34.0. The number of anilines is 3. The van der Waals surface area contributed by atoms with Gasteiger partial charge in [0.1, 0.15) is 10.8 Å². The lowest BCUT2D eigenvalue weighted by Crippen LogP contribution is -2.48. The molecule has 0 unspecified atom stereocenters. The van der Waals surface area contributed by atoms with Crippen molar-refractivity contribution in [3.63, 3.8) is 0 Å². The zero-order valence-electron chi connectivity index (χ0n) is 23.1. The molecule has 3 heterocycles. The largest absolute Gasteiger partial charge is 0.473 e. The molecule has 0 spiro atoms. The number of aromatic nitrogens is 4. The van der Waals surface area contributed by atoms with Gasteiger partial charge in [0.25, 0.3) is 0 Å². The SMILES string of the molecule is Cc1csc(CC(=O)N2CCN(Cc3nc(N)nc(Nc4ccccc4C)n3)CC2)n1.O=C(O)C(=O)O.O=C(O)C(=O)O. The van der Waals surface area contributed by atoms with Crippen molar-refractivity contribution < 1.29 is 44.4 Å². The van der Waals surface area contributed by atoms with Crippen LogP contribution in [-0.4, -0.2) is 106 Å². The summed E-state index contributed by atoms with van der Waals surface area (Å²) in [6.07, 6.45) is 0.371. The standard InChI is InChI=1S/C21H26N8OS.2C2H2O4/c1-14-5-3-4-6-16(14)24-21-26-17(25-20(22)27-21)12-28-7-9-29(10-8-28)19(30)11-18-23-15(2)13-31-18;2*3-1(4)2(5)6/h3-6,13H,7-12H2,1-2H3,(H3,22,24,25,26,27);2*(H,3,4)(H,5,6). The number of thiazole rings is 1. The van der Waals surface area contributed by atoms with Crippen LogP contribution in [0.2, 0.25) is 0 Å². The van der Waals surface area contributed by atoms with Crippen molar-refractivity contribution in [2.45, 2.75) is 26.8 Å². The fourth-order valence-electron chi connectivity index (χ4n) is 3.48. The third kappa shape index (κ3) is 12.0. The number of para-hydroxylation sites is 1. The van der Waals surface area contributed by atoms with E-state index in [4.69, 9.17) is 45.3 Å². The van der Waals surface area contributed by atoms with E-state index in [1.165, 1.54) is 11.3 Å². The van der Waals surface area contributed by atoms with Crippen molar-refractivity contribution in [3.8, 4) is 0 Å². The third-order valence-electron chi connectivity index (χ3n) is 5.52. The average molecular weight is 619 g/mol. The number of nitrogens with two attached hydrogens (primary N) is 1. The summed E-state index contributed by atoms with van der Waals surface area (Å²) in [4.78, 5) is 70.5. The van der Waals surface area contributed by atoms with Gasteiger partial charge < -0.3 is 36.4 Å². The Hall–Kier alpha value is -5.23. The molecule has 0 aliphatic carbocycles. The van der Waals surface area contributed by atoms with E-state index in [0.29, 0.717) is 37.8 Å². The molecule has 0 radical (unpaired) electrons. The Morgan fingerprint density at radius 1 is 0.860 bits per heavy atom. The normalized spacial score (nSPS) is 12.6. The second kappa shape index (κ2) is 16.3. The number of hydrogen-bond acceptors (Lipinski definition) is 13. The number of aryl methyl sites for hydroxylation is 2. The van der Waals surface area contributed by atoms with E-state index in [0.717, 1.165) is 35.0 Å². The van der Waals surface area contributed by atoms with Gasteiger partial charge in [-0.1, -0.05) is 18.2 Å². The van der Waals surface area contributed by atoms with E-state index in [1.807, 2.05) is 48.4 Å². The molecule has 0 atom stereocenters. The molecule has 1 aliphatic heterocycles. The van der Waals surface area contributed by atoms with Crippen LogP contribution in [0.15, 0.2) is 29.6 Å². The Balaban J connectivity index is 0.000000455. The fourth-order valence-corrected chi connectivity index (χ4v) is 4.24. The molecule has 4 rings (SSSR count). The van der Waals surface area contributed by atoms with Crippen molar-refractivity contribution in [3.05, 3.63) is 51.7 Å². The number of hydrogen-bond donors (Lipinski definition) is 6. The predicted octanol–water partition coefficient (Wildman–Crippen LogP) is 0.469. The summed E-state index contributed by atoms with van der Waals surface area (Å²) in [7, 11) is 0. The van der Waals surface area contributed by atoms with E-state index in [-0.39, 0.29) is 11.9 Å². The van der Waals surface area contributed by atoms with Gasteiger partial charge in [-0.25, -0.2) is 24.2 Å². The molecule has 18 heteroatoms. The number of nitrogens with one attached hydrogen (secondary N) is 1. The number of amides is 1. The van der Waals surface area contributed by atoms with Crippen LogP contribution >= 0.6 is 11.3 Å². The number of carbonyl (C=O) groups is 5. The average Bonchev–Trinajstić information content (AvgIpc) is 3.35. The molecule has 230 valence electrons. The second-order valence-electron chi connectivity index (χ2n) is 8.81. The molecule has 2 aromatic heterocycles. The first-order chi connectivity index (χ1) is 20.2. The van der Waals surface area contributed by atoms with E-state index >= 15 is 0 Å². The molecule has 43 heavy (non-hydrogen) atoms. The maximum Gasteiger partial charge on any atom is 0.414 e. The zero-order chi connectivity index (χ0) is 32.1. The summed E-state index contributed by atoms with van der Waals surface area (Å²) in [5, 5.41) is 35.6. The summed E-state index contributed by atoms with van der Waals surface area (Å²) in [5.74, 6) is -5.93. The topological polar surface area (TPSA) is 262 Å². The summed E-state index contributed by atoms with van der Waals surface area (Å²) in [6.45, 7) is 7.39. The minimum atomic E-state index is -1.82. The highest BCUT2D eigenvalue weighted by molar-refractivity contribution is 7.09. The van der Waals surface area contributed by atoms with E-state index in [9.17, 15) is 4.79 Å². The summed E-state index contributed by atoms with van der Waals surface area (Å²) >= 11 is 1.54. The Kier molecular flexibility index (Phi) is 12.9. The maximum atomic E-state index is 12.5. The van der Waals surface area contributed by atoms with Crippen molar-refractivity contribution in [1.29, 1.82) is 0 Å². The van der Waals surface area contributed by atoms with Crippen molar-refractivity contribution >= 4 is 58.7 Å². The number of piperazine rings is 1. The van der Waals surface area contributed by atoms with Gasteiger partial charge in [-0.15, -0.1) is 11.3 Å². The Bertz CT molecular complexity index is 1410. The fraction of sp³-hybridized carbons (Fsp3) is 0.320. The number of benzene rings is 1. The number of rotatable bonds is 6. The lowest BCUT2D eigenvalue weighted by atomic mass is 10.2.